The molecule has 150 valence electrons. The number of thiazole rings is 1. The van der Waals surface area contributed by atoms with Gasteiger partial charge in [0.15, 0.2) is 5.11 Å². The molecule has 0 saturated carbocycles. The van der Waals surface area contributed by atoms with Crippen LogP contribution >= 0.6 is 80.3 Å². The molecule has 0 aliphatic carbocycles. The second-order valence-corrected chi connectivity index (χ2v) is 10.5. The van der Waals surface area contributed by atoms with Gasteiger partial charge in [0.25, 0.3) is 5.91 Å². The molecule has 0 aliphatic heterocycles. The first kappa shape index (κ1) is 21.9. The Kier molecular flexibility index (Phi) is 6.88. The van der Waals surface area contributed by atoms with Gasteiger partial charge in [-0.15, -0.1) is 11.3 Å². The number of thiocarbonyl (C=S) groups is 1. The molecule has 9 heteroatoms. The van der Waals surface area contributed by atoms with Crippen molar-refractivity contribution in [2.24, 2.45) is 0 Å². The van der Waals surface area contributed by atoms with Gasteiger partial charge < -0.3 is 5.32 Å². The second kappa shape index (κ2) is 9.43. The van der Waals surface area contributed by atoms with Crippen molar-refractivity contribution in [1.82, 2.24) is 10.3 Å². The van der Waals surface area contributed by atoms with Crippen molar-refractivity contribution < 1.29 is 4.79 Å². The van der Waals surface area contributed by atoms with Crippen molar-refractivity contribution in [3.05, 3.63) is 78.4 Å². The Labute approximate surface area is 214 Å². The Morgan fingerprint density at radius 1 is 1.03 bits per heavy atom. The number of hydrogen-bond acceptors (Lipinski definition) is 4. The quantitative estimate of drug-likeness (QED) is 0.182. The van der Waals surface area contributed by atoms with Crippen LogP contribution < -0.4 is 10.6 Å². The van der Waals surface area contributed by atoms with E-state index in [0.717, 1.165) is 33.6 Å². The lowest BCUT2D eigenvalue weighted by Gasteiger charge is -2.13. The zero-order valence-corrected chi connectivity index (χ0v) is 21.8. The molecular weight excluding hydrogens is 664 g/mol. The van der Waals surface area contributed by atoms with Crippen LogP contribution in [-0.2, 0) is 0 Å². The number of aromatic nitrogens is 1. The van der Waals surface area contributed by atoms with Crippen LogP contribution in [0.5, 0.6) is 0 Å². The predicted octanol–water partition coefficient (Wildman–Crippen LogP) is 6.95. The molecule has 3 aromatic carbocycles. The lowest BCUT2D eigenvalue weighted by molar-refractivity contribution is 0.0978. The zero-order valence-electron chi connectivity index (χ0n) is 15.1. The molecule has 30 heavy (non-hydrogen) atoms. The largest absolute Gasteiger partial charge is 0.332 e. The fraction of sp³-hybridized carbons (Fsp3) is 0. The Morgan fingerprint density at radius 3 is 2.57 bits per heavy atom. The molecular formula is C21H12ClI2N3OS2. The minimum atomic E-state index is -0.358. The number of nitrogens with zero attached hydrogens (tertiary/aromatic N) is 1. The highest BCUT2D eigenvalue weighted by Gasteiger charge is 2.15. The summed E-state index contributed by atoms with van der Waals surface area (Å²) in [6.07, 6.45) is 0. The van der Waals surface area contributed by atoms with E-state index in [4.69, 9.17) is 28.8 Å². The van der Waals surface area contributed by atoms with Crippen LogP contribution in [0.2, 0.25) is 5.02 Å². The molecule has 0 bridgehead atoms. The summed E-state index contributed by atoms with van der Waals surface area (Å²) in [6, 6.07) is 19.2. The van der Waals surface area contributed by atoms with Crippen LogP contribution in [0.1, 0.15) is 10.4 Å². The average molecular weight is 676 g/mol. The number of hydrogen-bond donors (Lipinski definition) is 2. The highest BCUT2D eigenvalue weighted by molar-refractivity contribution is 14.1. The standard InChI is InChI=1S/C21H12ClI2N3OS2/c22-15-7-5-11(23)9-13(15)19(28)27-21(29)26-16-8-6-12(24)10-14(16)20-25-17-3-1-2-4-18(17)30-20/h1-10H,(H2,26,27,28,29). The molecule has 0 aliphatic rings. The number of carbonyl (C=O) groups is 1. The molecule has 2 N–H and O–H groups in total. The smallest absolute Gasteiger partial charge is 0.258 e. The lowest BCUT2D eigenvalue weighted by atomic mass is 10.2. The molecule has 0 saturated heterocycles. The number of fused-ring (bicyclic) bond motifs is 1. The van der Waals surface area contributed by atoms with Gasteiger partial charge in [-0.2, -0.15) is 0 Å². The van der Waals surface area contributed by atoms with E-state index >= 15 is 0 Å². The third kappa shape index (κ3) is 4.93. The van der Waals surface area contributed by atoms with Crippen LogP contribution in [0, 0.1) is 7.14 Å². The highest BCUT2D eigenvalue weighted by atomic mass is 127. The molecule has 4 aromatic rings. The second-order valence-electron chi connectivity index (χ2n) is 6.21. The minimum absolute atomic E-state index is 0.193. The molecule has 0 unspecified atom stereocenters. The normalized spacial score (nSPS) is 10.8. The SMILES string of the molecule is O=C(NC(=S)Nc1ccc(I)cc1-c1nc2ccccc2s1)c1cc(I)ccc1Cl. The van der Waals surface area contributed by atoms with Gasteiger partial charge in [-0.1, -0.05) is 23.7 Å². The molecule has 4 rings (SSSR count). The van der Waals surface area contributed by atoms with E-state index in [1.54, 1.807) is 23.5 Å². The first-order valence-electron chi connectivity index (χ1n) is 8.63. The van der Waals surface area contributed by atoms with E-state index in [0.29, 0.717) is 10.6 Å². The molecule has 1 amide bonds. The van der Waals surface area contributed by atoms with Crippen LogP contribution in [-0.4, -0.2) is 16.0 Å². The van der Waals surface area contributed by atoms with Gasteiger partial charge >= 0.3 is 0 Å². The van der Waals surface area contributed by atoms with Crippen molar-refractivity contribution in [3.63, 3.8) is 0 Å². The van der Waals surface area contributed by atoms with Crippen LogP contribution in [0.4, 0.5) is 5.69 Å². The van der Waals surface area contributed by atoms with E-state index in [1.807, 2.05) is 48.5 Å². The summed E-state index contributed by atoms with van der Waals surface area (Å²) in [7, 11) is 0. The summed E-state index contributed by atoms with van der Waals surface area (Å²) in [6.45, 7) is 0. The summed E-state index contributed by atoms with van der Waals surface area (Å²) < 4.78 is 3.10. The Balaban J connectivity index is 1.59. The number of nitrogens with one attached hydrogen (secondary N) is 2. The van der Waals surface area contributed by atoms with Crippen LogP contribution in [0.3, 0.4) is 0 Å². The van der Waals surface area contributed by atoms with Crippen molar-refractivity contribution >= 4 is 107 Å². The van der Waals surface area contributed by atoms with E-state index in [-0.39, 0.29) is 11.0 Å². The van der Waals surface area contributed by atoms with E-state index in [2.05, 4.69) is 55.8 Å². The van der Waals surface area contributed by atoms with Crippen LogP contribution in [0.25, 0.3) is 20.8 Å². The third-order valence-electron chi connectivity index (χ3n) is 4.15. The maximum absolute atomic E-state index is 12.6. The highest BCUT2D eigenvalue weighted by Crippen LogP contribution is 2.35. The zero-order chi connectivity index (χ0) is 21.3. The van der Waals surface area contributed by atoms with Crippen molar-refractivity contribution in [1.29, 1.82) is 0 Å². The van der Waals surface area contributed by atoms with Gasteiger partial charge in [0.1, 0.15) is 5.01 Å². The summed E-state index contributed by atoms with van der Waals surface area (Å²) in [4.78, 5) is 17.4. The first-order chi connectivity index (χ1) is 14.4. The van der Waals surface area contributed by atoms with Gasteiger partial charge in [-0.05, 0) is 106 Å². The molecule has 1 heterocycles. The maximum Gasteiger partial charge on any atom is 0.258 e. The maximum atomic E-state index is 12.6. The summed E-state index contributed by atoms with van der Waals surface area (Å²) in [5.41, 5.74) is 3.02. The topological polar surface area (TPSA) is 54.0 Å². The molecule has 1 aromatic heterocycles. The van der Waals surface area contributed by atoms with Crippen molar-refractivity contribution in [2.75, 3.05) is 5.32 Å². The summed E-state index contributed by atoms with van der Waals surface area (Å²) in [5.74, 6) is -0.358. The number of amides is 1. The summed E-state index contributed by atoms with van der Waals surface area (Å²) in [5, 5.41) is 7.29. The Hall–Kier alpha value is -1.34. The van der Waals surface area contributed by atoms with E-state index in [1.165, 1.54) is 0 Å². The number of para-hydroxylation sites is 1. The van der Waals surface area contributed by atoms with E-state index < -0.39 is 0 Å². The van der Waals surface area contributed by atoms with Gasteiger partial charge in [-0.3, -0.25) is 10.1 Å². The first-order valence-corrected chi connectivity index (χ1v) is 12.4. The fourth-order valence-electron chi connectivity index (χ4n) is 2.79. The minimum Gasteiger partial charge on any atom is -0.332 e. The van der Waals surface area contributed by atoms with Crippen LogP contribution in [0.15, 0.2) is 60.7 Å². The van der Waals surface area contributed by atoms with E-state index in [9.17, 15) is 4.79 Å². The number of benzene rings is 3. The van der Waals surface area contributed by atoms with Gasteiger partial charge in [0.2, 0.25) is 0 Å². The molecule has 0 fully saturated rings. The van der Waals surface area contributed by atoms with Gasteiger partial charge in [-0.25, -0.2) is 4.98 Å². The molecule has 4 nitrogen and oxygen atoms in total. The Bertz CT molecular complexity index is 1260. The molecule has 0 atom stereocenters. The molecule has 0 radical (unpaired) electrons. The fourth-order valence-corrected chi connectivity index (χ4v) is 5.17. The number of rotatable bonds is 3. The van der Waals surface area contributed by atoms with Crippen molar-refractivity contribution in [3.8, 4) is 10.6 Å². The number of halogens is 3. The Morgan fingerprint density at radius 2 is 1.77 bits per heavy atom. The third-order valence-corrected chi connectivity index (χ3v) is 7.10. The predicted molar refractivity (Wildman–Crippen MR) is 146 cm³/mol. The van der Waals surface area contributed by atoms with Gasteiger partial charge in [0.05, 0.1) is 26.5 Å². The monoisotopic (exact) mass is 675 g/mol. The number of anilines is 1. The molecule has 0 spiro atoms. The van der Waals surface area contributed by atoms with Crippen molar-refractivity contribution in [2.45, 2.75) is 0 Å². The lowest BCUT2D eigenvalue weighted by Crippen LogP contribution is -2.34. The van der Waals surface area contributed by atoms with Gasteiger partial charge in [0, 0.05) is 12.7 Å². The average Bonchev–Trinajstić information content (AvgIpc) is 3.15. The summed E-state index contributed by atoms with van der Waals surface area (Å²) >= 11 is 17.6. The number of carbonyl (C=O) groups excluding carboxylic acids is 1.